The second kappa shape index (κ2) is 5.93. The van der Waals surface area contributed by atoms with Crippen LogP contribution in [0.5, 0.6) is 0 Å². The van der Waals surface area contributed by atoms with Crippen molar-refractivity contribution in [3.8, 4) is 0 Å². The molecule has 0 aliphatic heterocycles. The normalized spacial score (nSPS) is 11.9. The van der Waals surface area contributed by atoms with Crippen molar-refractivity contribution in [2.45, 2.75) is 0 Å². The standard InChI is InChI=1S/C11H12ClNO3S/c1-13(11(12)15)9-6-4-3-5-8(9)10(14)7-17(2)16/h3-6H,7H2,1-2H3/t17-/m1/s1. The Morgan fingerprint density at radius 1 is 1.35 bits per heavy atom. The first-order valence-electron chi connectivity index (χ1n) is 4.79. The molecule has 6 heteroatoms. The van der Waals surface area contributed by atoms with Gasteiger partial charge >= 0.3 is 5.37 Å². The molecule has 1 amide bonds. The first-order chi connectivity index (χ1) is 7.93. The number of halogens is 1. The minimum Gasteiger partial charge on any atom is -0.301 e. The molecule has 0 spiro atoms. The van der Waals surface area contributed by atoms with E-state index in [1.54, 1.807) is 24.3 Å². The van der Waals surface area contributed by atoms with Crippen LogP contribution in [0.2, 0.25) is 0 Å². The summed E-state index contributed by atoms with van der Waals surface area (Å²) in [6.45, 7) is 0. The van der Waals surface area contributed by atoms with Crippen molar-refractivity contribution in [2.24, 2.45) is 0 Å². The number of anilines is 1. The van der Waals surface area contributed by atoms with Gasteiger partial charge in [-0.15, -0.1) is 0 Å². The summed E-state index contributed by atoms with van der Waals surface area (Å²) in [5.74, 6) is -0.340. The van der Waals surface area contributed by atoms with Crippen LogP contribution in [0.3, 0.4) is 0 Å². The molecule has 92 valence electrons. The minimum atomic E-state index is -1.21. The molecule has 17 heavy (non-hydrogen) atoms. The number of carbonyl (C=O) groups is 2. The number of hydrogen-bond acceptors (Lipinski definition) is 3. The van der Waals surface area contributed by atoms with Gasteiger partial charge in [-0.25, -0.2) is 0 Å². The third-order valence-corrected chi connectivity index (χ3v) is 3.09. The summed E-state index contributed by atoms with van der Waals surface area (Å²) in [5.41, 5.74) is 0.766. The average molecular weight is 274 g/mol. The van der Waals surface area contributed by atoms with Crippen LogP contribution in [0.15, 0.2) is 24.3 Å². The molecule has 0 radical (unpaired) electrons. The highest BCUT2D eigenvalue weighted by Gasteiger charge is 2.17. The molecule has 0 unspecified atom stereocenters. The fourth-order valence-corrected chi connectivity index (χ4v) is 1.97. The highest BCUT2D eigenvalue weighted by molar-refractivity contribution is 7.85. The fraction of sp³-hybridized carbons (Fsp3) is 0.273. The molecule has 1 atom stereocenters. The number of nitrogens with zero attached hydrogens (tertiary/aromatic N) is 1. The van der Waals surface area contributed by atoms with Gasteiger partial charge in [-0.3, -0.25) is 13.8 Å². The van der Waals surface area contributed by atoms with E-state index in [4.69, 9.17) is 11.6 Å². The van der Waals surface area contributed by atoms with Gasteiger partial charge in [0.25, 0.3) is 0 Å². The summed E-state index contributed by atoms with van der Waals surface area (Å²) in [5, 5.41) is -0.678. The van der Waals surface area contributed by atoms with Crippen LogP contribution in [0, 0.1) is 0 Å². The number of carbonyl (C=O) groups excluding carboxylic acids is 2. The summed E-state index contributed by atoms with van der Waals surface area (Å²) >= 11 is 5.36. The molecule has 0 heterocycles. The zero-order valence-electron chi connectivity index (χ0n) is 9.47. The summed E-state index contributed by atoms with van der Waals surface area (Å²) in [7, 11) is 0.262. The number of ketones is 1. The van der Waals surface area contributed by atoms with Crippen molar-refractivity contribution < 1.29 is 13.8 Å². The van der Waals surface area contributed by atoms with Crippen molar-refractivity contribution in [3.05, 3.63) is 29.8 Å². The van der Waals surface area contributed by atoms with E-state index < -0.39 is 16.2 Å². The Morgan fingerprint density at radius 3 is 2.47 bits per heavy atom. The van der Waals surface area contributed by atoms with Gasteiger partial charge < -0.3 is 4.90 Å². The van der Waals surface area contributed by atoms with E-state index in [0.29, 0.717) is 11.3 Å². The van der Waals surface area contributed by atoms with Crippen molar-refractivity contribution in [3.63, 3.8) is 0 Å². The lowest BCUT2D eigenvalue weighted by Crippen LogP contribution is -2.23. The lowest BCUT2D eigenvalue weighted by atomic mass is 10.1. The second-order valence-electron chi connectivity index (χ2n) is 3.47. The molecule has 0 N–H and O–H groups in total. The van der Waals surface area contributed by atoms with Gasteiger partial charge in [0.15, 0.2) is 5.78 Å². The van der Waals surface area contributed by atoms with E-state index in [0.717, 1.165) is 0 Å². The van der Waals surface area contributed by atoms with Crippen LogP contribution in [0.4, 0.5) is 10.5 Å². The summed E-state index contributed by atoms with van der Waals surface area (Å²) in [6, 6.07) is 6.58. The van der Waals surface area contributed by atoms with Gasteiger partial charge in [0, 0.05) is 29.7 Å². The van der Waals surface area contributed by atoms with Crippen molar-refractivity contribution in [2.75, 3.05) is 24.0 Å². The van der Waals surface area contributed by atoms with Crippen molar-refractivity contribution in [1.29, 1.82) is 0 Å². The molecule has 1 aromatic rings. The van der Waals surface area contributed by atoms with E-state index in [1.807, 2.05) is 0 Å². The summed E-state index contributed by atoms with van der Waals surface area (Å²) in [4.78, 5) is 24.1. The van der Waals surface area contributed by atoms with E-state index in [1.165, 1.54) is 18.2 Å². The third-order valence-electron chi connectivity index (χ3n) is 2.16. The SMILES string of the molecule is CN(C(=O)Cl)c1ccccc1C(=O)C[S@@](C)=O. The van der Waals surface area contributed by atoms with Gasteiger partial charge in [0.1, 0.15) is 0 Å². The molecule has 0 saturated carbocycles. The van der Waals surface area contributed by atoms with E-state index >= 15 is 0 Å². The lowest BCUT2D eigenvalue weighted by Gasteiger charge is -2.16. The van der Waals surface area contributed by atoms with E-state index in [2.05, 4.69) is 0 Å². The van der Waals surface area contributed by atoms with Crippen LogP contribution in [0.1, 0.15) is 10.4 Å². The Kier molecular flexibility index (Phi) is 4.84. The number of para-hydroxylation sites is 1. The monoisotopic (exact) mass is 273 g/mol. The topological polar surface area (TPSA) is 54.5 Å². The number of hydrogen-bond donors (Lipinski definition) is 0. The molecule has 0 aliphatic rings. The molecule has 0 fully saturated rings. The van der Waals surface area contributed by atoms with Crippen molar-refractivity contribution >= 4 is 39.2 Å². The minimum absolute atomic E-state index is 0.0681. The number of rotatable bonds is 4. The Balaban J connectivity index is 3.11. The van der Waals surface area contributed by atoms with Crippen molar-refractivity contribution in [1.82, 2.24) is 0 Å². The first kappa shape index (κ1) is 13.9. The third kappa shape index (κ3) is 3.64. The predicted molar refractivity (Wildman–Crippen MR) is 69.4 cm³/mol. The first-order valence-corrected chi connectivity index (χ1v) is 6.89. The van der Waals surface area contributed by atoms with Crippen LogP contribution in [0.25, 0.3) is 0 Å². The van der Waals surface area contributed by atoms with E-state index in [-0.39, 0.29) is 11.5 Å². The van der Waals surface area contributed by atoms with Gasteiger partial charge in [-0.2, -0.15) is 0 Å². The summed E-state index contributed by atoms with van der Waals surface area (Å²) < 4.78 is 11.0. The predicted octanol–water partition coefficient (Wildman–Crippen LogP) is 2.04. The summed E-state index contributed by atoms with van der Waals surface area (Å²) in [6.07, 6.45) is 1.46. The van der Waals surface area contributed by atoms with Crippen LogP contribution >= 0.6 is 11.6 Å². The Bertz CT molecular complexity index is 476. The lowest BCUT2D eigenvalue weighted by molar-refractivity contribution is 0.102. The molecule has 1 rings (SSSR count). The number of amides is 1. The van der Waals surface area contributed by atoms with Gasteiger partial charge in [0.2, 0.25) is 0 Å². The largest absolute Gasteiger partial charge is 0.320 e. The van der Waals surface area contributed by atoms with Crippen LogP contribution in [-0.4, -0.2) is 34.4 Å². The fourth-order valence-electron chi connectivity index (χ4n) is 1.36. The maximum atomic E-state index is 11.8. The zero-order valence-corrected chi connectivity index (χ0v) is 11.0. The Labute approximate surface area is 107 Å². The Hall–Kier alpha value is -1.20. The number of Topliss-reactive ketones (excluding diaryl/α,β-unsaturated/α-hetero) is 1. The molecule has 4 nitrogen and oxygen atoms in total. The highest BCUT2D eigenvalue weighted by Crippen LogP contribution is 2.21. The zero-order chi connectivity index (χ0) is 13.0. The van der Waals surface area contributed by atoms with Crippen LogP contribution < -0.4 is 4.90 Å². The Morgan fingerprint density at radius 2 is 1.94 bits per heavy atom. The quantitative estimate of drug-likeness (QED) is 0.479. The van der Waals surface area contributed by atoms with Gasteiger partial charge in [0.05, 0.1) is 11.4 Å². The number of benzene rings is 1. The molecular formula is C11H12ClNO3S. The molecule has 0 saturated heterocycles. The van der Waals surface area contributed by atoms with Gasteiger partial charge in [-0.05, 0) is 23.7 Å². The molecule has 0 aliphatic carbocycles. The van der Waals surface area contributed by atoms with Crippen LogP contribution in [-0.2, 0) is 10.8 Å². The average Bonchev–Trinajstić information content (AvgIpc) is 2.27. The van der Waals surface area contributed by atoms with E-state index in [9.17, 15) is 13.8 Å². The highest BCUT2D eigenvalue weighted by atomic mass is 35.5. The molecule has 0 bridgehead atoms. The molecule has 1 aromatic carbocycles. The second-order valence-corrected chi connectivity index (χ2v) is 5.23. The van der Waals surface area contributed by atoms with Gasteiger partial charge in [-0.1, -0.05) is 12.1 Å². The maximum Gasteiger partial charge on any atom is 0.320 e. The molecule has 0 aromatic heterocycles. The molecular weight excluding hydrogens is 262 g/mol. The maximum absolute atomic E-state index is 11.8. The smallest absolute Gasteiger partial charge is 0.301 e.